The van der Waals surface area contributed by atoms with Gasteiger partial charge in [-0.05, 0) is 65.7 Å². The molecule has 0 spiro atoms. The molecule has 1 atom stereocenters. The van der Waals surface area contributed by atoms with Gasteiger partial charge in [-0.15, -0.1) is 0 Å². The van der Waals surface area contributed by atoms with Gasteiger partial charge in [0.2, 0.25) is 5.91 Å². The van der Waals surface area contributed by atoms with Crippen molar-refractivity contribution < 1.29 is 9.53 Å². The zero-order valence-electron chi connectivity index (χ0n) is 19.8. The molecule has 1 amide bonds. The van der Waals surface area contributed by atoms with Gasteiger partial charge in [-0.3, -0.25) is 4.79 Å². The number of imidazole rings is 1. The van der Waals surface area contributed by atoms with Crippen LogP contribution in [0.2, 0.25) is 0 Å². The topological polar surface area (TPSA) is 47.4 Å². The highest BCUT2D eigenvalue weighted by Crippen LogP contribution is 2.34. The molecule has 1 aromatic heterocycles. The van der Waals surface area contributed by atoms with Crippen LogP contribution in [-0.4, -0.2) is 28.6 Å². The number of carbonyl (C=O) groups excluding carboxylic acids is 1. The van der Waals surface area contributed by atoms with Crippen molar-refractivity contribution in [2.24, 2.45) is 0 Å². The number of para-hydroxylation sites is 2. The van der Waals surface area contributed by atoms with Gasteiger partial charge < -0.3 is 14.2 Å². The molecule has 1 saturated heterocycles. The van der Waals surface area contributed by atoms with E-state index in [2.05, 4.69) is 50.8 Å². The van der Waals surface area contributed by atoms with Crippen LogP contribution in [0.4, 0.5) is 5.69 Å². The fourth-order valence-electron chi connectivity index (χ4n) is 5.06. The molecule has 0 aliphatic carbocycles. The maximum Gasteiger partial charge on any atom is 0.227 e. The summed E-state index contributed by atoms with van der Waals surface area (Å²) < 4.78 is 9.37. The van der Waals surface area contributed by atoms with E-state index in [1.54, 1.807) is 0 Å². The van der Waals surface area contributed by atoms with Crippen LogP contribution in [0.3, 0.4) is 0 Å². The van der Waals surface area contributed by atoms with E-state index < -0.39 is 0 Å². The molecule has 6 heteroatoms. The molecule has 5 aromatic rings. The summed E-state index contributed by atoms with van der Waals surface area (Å²) in [7, 11) is 0. The van der Waals surface area contributed by atoms with Crippen LogP contribution in [-0.2, 0) is 11.3 Å². The first kappa shape index (κ1) is 22.8. The molecule has 1 fully saturated rings. The molecule has 1 unspecified atom stereocenters. The van der Waals surface area contributed by atoms with Crippen LogP contribution in [0.5, 0.6) is 5.75 Å². The quantitative estimate of drug-likeness (QED) is 0.210. The molecule has 4 aromatic carbocycles. The molecule has 1 aliphatic rings. The molecule has 0 radical (unpaired) electrons. The van der Waals surface area contributed by atoms with Gasteiger partial charge in [0.1, 0.15) is 11.6 Å². The van der Waals surface area contributed by atoms with E-state index in [9.17, 15) is 4.79 Å². The molecule has 5 nitrogen and oxygen atoms in total. The second kappa shape index (κ2) is 9.78. The van der Waals surface area contributed by atoms with E-state index in [0.29, 0.717) is 19.6 Å². The average molecular weight is 540 g/mol. The number of amides is 1. The summed E-state index contributed by atoms with van der Waals surface area (Å²) in [4.78, 5) is 19.8. The minimum atomic E-state index is 0.0509. The predicted octanol–water partition coefficient (Wildman–Crippen LogP) is 6.94. The lowest BCUT2D eigenvalue weighted by molar-refractivity contribution is -0.117. The largest absolute Gasteiger partial charge is 0.494 e. The normalized spacial score (nSPS) is 15.8. The first-order valence-electron chi connectivity index (χ1n) is 12.3. The van der Waals surface area contributed by atoms with Crippen LogP contribution in [0.25, 0.3) is 21.8 Å². The minimum absolute atomic E-state index is 0.0509. The third-order valence-corrected chi connectivity index (χ3v) is 7.36. The summed E-state index contributed by atoms with van der Waals surface area (Å²) in [6.45, 7) is 2.03. The Balaban J connectivity index is 1.19. The zero-order valence-corrected chi connectivity index (χ0v) is 21.4. The Hall–Kier alpha value is -3.64. The van der Waals surface area contributed by atoms with Gasteiger partial charge in [-0.1, -0.05) is 58.4 Å². The SMILES string of the molecule is O=C1CC(c2nc3ccccc3n2CCCOc2ccc3ccccc3c2)CN1c1ccc(Br)cc1. The molecule has 36 heavy (non-hydrogen) atoms. The first-order chi connectivity index (χ1) is 17.7. The van der Waals surface area contributed by atoms with Gasteiger partial charge in [0.25, 0.3) is 0 Å². The average Bonchev–Trinajstić information content (AvgIpc) is 3.47. The molecular formula is C30H26BrN3O2. The maximum absolute atomic E-state index is 12.9. The third-order valence-electron chi connectivity index (χ3n) is 6.83. The number of carbonyl (C=O) groups is 1. The van der Waals surface area contributed by atoms with Gasteiger partial charge in [-0.2, -0.15) is 0 Å². The summed E-state index contributed by atoms with van der Waals surface area (Å²) in [6.07, 6.45) is 1.31. The van der Waals surface area contributed by atoms with Gasteiger partial charge in [-0.25, -0.2) is 4.98 Å². The van der Waals surface area contributed by atoms with E-state index in [1.165, 1.54) is 10.8 Å². The number of halogens is 1. The van der Waals surface area contributed by atoms with Gasteiger partial charge in [0.05, 0.1) is 17.6 Å². The fraction of sp³-hybridized carbons (Fsp3) is 0.200. The monoisotopic (exact) mass is 539 g/mol. The highest BCUT2D eigenvalue weighted by atomic mass is 79.9. The summed E-state index contributed by atoms with van der Waals surface area (Å²) >= 11 is 3.48. The van der Waals surface area contributed by atoms with Crippen molar-refractivity contribution in [1.82, 2.24) is 9.55 Å². The number of anilines is 1. The van der Waals surface area contributed by atoms with Crippen LogP contribution in [0.1, 0.15) is 24.6 Å². The van der Waals surface area contributed by atoms with E-state index in [0.717, 1.165) is 45.7 Å². The van der Waals surface area contributed by atoms with Crippen LogP contribution in [0, 0.1) is 0 Å². The number of hydrogen-bond acceptors (Lipinski definition) is 3. The molecule has 0 bridgehead atoms. The molecular weight excluding hydrogens is 514 g/mol. The predicted molar refractivity (Wildman–Crippen MR) is 148 cm³/mol. The molecule has 0 N–H and O–H groups in total. The second-order valence-corrected chi connectivity index (χ2v) is 10.1. The van der Waals surface area contributed by atoms with Gasteiger partial charge in [0, 0.05) is 35.6 Å². The van der Waals surface area contributed by atoms with E-state index in [4.69, 9.17) is 9.72 Å². The van der Waals surface area contributed by atoms with Gasteiger partial charge in [0.15, 0.2) is 0 Å². The van der Waals surface area contributed by atoms with Crippen LogP contribution in [0.15, 0.2) is 95.5 Å². The Kier molecular flexibility index (Phi) is 6.20. The van der Waals surface area contributed by atoms with Crippen LogP contribution < -0.4 is 9.64 Å². The molecule has 2 heterocycles. The lowest BCUT2D eigenvalue weighted by Gasteiger charge is -2.17. The number of aromatic nitrogens is 2. The number of ether oxygens (including phenoxy) is 1. The van der Waals surface area contributed by atoms with Crippen molar-refractivity contribution >= 4 is 49.3 Å². The van der Waals surface area contributed by atoms with Crippen molar-refractivity contribution in [2.45, 2.75) is 25.3 Å². The number of nitrogens with zero attached hydrogens (tertiary/aromatic N) is 3. The highest BCUT2D eigenvalue weighted by molar-refractivity contribution is 9.10. The smallest absolute Gasteiger partial charge is 0.227 e. The minimum Gasteiger partial charge on any atom is -0.494 e. The van der Waals surface area contributed by atoms with E-state index >= 15 is 0 Å². The van der Waals surface area contributed by atoms with Crippen LogP contribution >= 0.6 is 15.9 Å². The lowest BCUT2D eigenvalue weighted by Crippen LogP contribution is -2.24. The highest BCUT2D eigenvalue weighted by Gasteiger charge is 2.34. The number of rotatable bonds is 7. The Labute approximate surface area is 218 Å². The Morgan fingerprint density at radius 2 is 1.69 bits per heavy atom. The maximum atomic E-state index is 12.9. The summed E-state index contributed by atoms with van der Waals surface area (Å²) in [5, 5.41) is 2.39. The van der Waals surface area contributed by atoms with Crippen molar-refractivity contribution in [3.8, 4) is 5.75 Å². The zero-order chi connectivity index (χ0) is 24.5. The molecule has 180 valence electrons. The fourth-order valence-corrected chi connectivity index (χ4v) is 5.33. The first-order valence-corrected chi connectivity index (χ1v) is 13.1. The lowest BCUT2D eigenvalue weighted by atomic mass is 10.1. The molecule has 1 aliphatic heterocycles. The standard InChI is InChI=1S/C30H26BrN3O2/c31-24-11-13-25(14-12-24)34-20-23(19-29(34)35)30-32-27-8-3-4-9-28(27)33(30)16-5-17-36-26-15-10-21-6-1-2-7-22(21)18-26/h1-4,6-15,18,23H,5,16-17,19-20H2. The number of aryl methyl sites for hydroxylation is 1. The molecule has 0 saturated carbocycles. The Morgan fingerprint density at radius 1 is 0.917 bits per heavy atom. The summed E-state index contributed by atoms with van der Waals surface area (Å²) in [6, 6.07) is 30.7. The summed E-state index contributed by atoms with van der Waals surface area (Å²) in [5.41, 5.74) is 3.00. The second-order valence-electron chi connectivity index (χ2n) is 9.20. The summed E-state index contributed by atoms with van der Waals surface area (Å²) in [5.74, 6) is 2.06. The third kappa shape index (κ3) is 4.49. The van der Waals surface area contributed by atoms with E-state index in [1.807, 2.05) is 65.6 Å². The number of hydrogen-bond donors (Lipinski definition) is 0. The molecule has 6 rings (SSSR count). The number of fused-ring (bicyclic) bond motifs is 2. The Bertz CT molecular complexity index is 1540. The Morgan fingerprint density at radius 3 is 2.56 bits per heavy atom. The number of benzene rings is 4. The van der Waals surface area contributed by atoms with Crippen molar-refractivity contribution in [1.29, 1.82) is 0 Å². The van der Waals surface area contributed by atoms with Gasteiger partial charge >= 0.3 is 0 Å². The van der Waals surface area contributed by atoms with E-state index in [-0.39, 0.29) is 11.8 Å². The van der Waals surface area contributed by atoms with Crippen molar-refractivity contribution in [2.75, 3.05) is 18.1 Å². The van der Waals surface area contributed by atoms with Crippen molar-refractivity contribution in [3.63, 3.8) is 0 Å². The van der Waals surface area contributed by atoms with Crippen molar-refractivity contribution in [3.05, 3.63) is 101 Å².